The number of nitriles is 1. The third kappa shape index (κ3) is 3.83. The number of thiophene rings is 1. The molecule has 0 unspecified atom stereocenters. The number of hydrogen-bond donors (Lipinski definition) is 1. The van der Waals surface area contributed by atoms with Gasteiger partial charge in [-0.3, -0.25) is 0 Å². The summed E-state index contributed by atoms with van der Waals surface area (Å²) in [6.07, 6.45) is 1.33. The fraction of sp³-hybridized carbons (Fsp3) is 0. The van der Waals surface area contributed by atoms with Crippen molar-refractivity contribution in [2.45, 2.75) is 0 Å². The zero-order chi connectivity index (χ0) is 20.2. The number of aromatic nitrogens is 2. The lowest BCUT2D eigenvalue weighted by Crippen LogP contribution is -1.96. The van der Waals surface area contributed by atoms with E-state index in [9.17, 15) is 4.79 Å². The van der Waals surface area contributed by atoms with Gasteiger partial charge in [-0.25, -0.2) is 9.42 Å². The Morgan fingerprint density at radius 1 is 0.931 bits per heavy atom. The molecule has 0 aliphatic rings. The van der Waals surface area contributed by atoms with Gasteiger partial charge in [-0.1, -0.05) is 54.6 Å². The van der Waals surface area contributed by atoms with E-state index in [-0.39, 0.29) is 5.57 Å². The number of rotatable bonds is 5. The summed E-state index contributed by atoms with van der Waals surface area (Å²) in [6, 6.07) is 23.2. The molecule has 0 atom stereocenters. The molecule has 2 aromatic heterocycles. The Morgan fingerprint density at radius 3 is 2.28 bits per heavy atom. The summed E-state index contributed by atoms with van der Waals surface area (Å²) < 4.78 is 4.96. The Hall–Kier alpha value is -4.02. The van der Waals surface area contributed by atoms with Crippen molar-refractivity contribution in [1.29, 1.82) is 5.26 Å². The van der Waals surface area contributed by atoms with Crippen LogP contribution in [-0.2, 0) is 4.79 Å². The molecule has 0 bridgehead atoms. The van der Waals surface area contributed by atoms with Gasteiger partial charge in [0.05, 0.1) is 4.88 Å². The molecule has 29 heavy (non-hydrogen) atoms. The summed E-state index contributed by atoms with van der Waals surface area (Å²) in [6.45, 7) is 0. The maximum atomic E-state index is 11.0. The highest BCUT2D eigenvalue weighted by atomic mass is 32.1. The van der Waals surface area contributed by atoms with Gasteiger partial charge in [-0.05, 0) is 39.6 Å². The predicted octanol–water partition coefficient (Wildman–Crippen LogP) is 5.12. The summed E-state index contributed by atoms with van der Waals surface area (Å²) >= 11 is 1.31. The van der Waals surface area contributed by atoms with Gasteiger partial charge >= 0.3 is 5.97 Å². The zero-order valence-corrected chi connectivity index (χ0v) is 15.8. The molecule has 6 nitrogen and oxygen atoms in total. The zero-order valence-electron chi connectivity index (χ0n) is 14.9. The second-order valence-electron chi connectivity index (χ2n) is 6.08. The Kier molecular flexibility index (Phi) is 5.01. The molecule has 0 radical (unpaired) electrons. The molecule has 0 amide bonds. The average molecular weight is 399 g/mol. The third-order valence-corrected chi connectivity index (χ3v) is 5.29. The highest BCUT2D eigenvalue weighted by Gasteiger charge is 2.17. The van der Waals surface area contributed by atoms with Crippen molar-refractivity contribution >= 4 is 23.4 Å². The van der Waals surface area contributed by atoms with Crippen molar-refractivity contribution in [1.82, 2.24) is 10.3 Å². The molecule has 0 aliphatic carbocycles. The second-order valence-corrected chi connectivity index (χ2v) is 7.20. The number of hydrogen-bond acceptors (Lipinski definition) is 6. The topological polar surface area (TPSA) is 100 Å². The van der Waals surface area contributed by atoms with E-state index >= 15 is 0 Å². The van der Waals surface area contributed by atoms with E-state index < -0.39 is 5.97 Å². The first-order valence-electron chi connectivity index (χ1n) is 8.59. The van der Waals surface area contributed by atoms with Gasteiger partial charge in [-0.15, -0.1) is 11.3 Å². The summed E-state index contributed by atoms with van der Waals surface area (Å²) in [5, 5.41) is 26.0. The number of nitrogens with zero attached hydrogens (tertiary/aromatic N) is 3. The fourth-order valence-corrected chi connectivity index (χ4v) is 3.77. The van der Waals surface area contributed by atoms with Crippen LogP contribution in [0.4, 0.5) is 0 Å². The van der Waals surface area contributed by atoms with Crippen molar-refractivity contribution in [2.24, 2.45) is 0 Å². The monoisotopic (exact) mass is 399 g/mol. The van der Waals surface area contributed by atoms with E-state index in [0.29, 0.717) is 16.3 Å². The van der Waals surface area contributed by atoms with Crippen LogP contribution in [0.3, 0.4) is 0 Å². The van der Waals surface area contributed by atoms with E-state index in [4.69, 9.17) is 15.0 Å². The molecule has 4 aromatic rings. The molecule has 2 aromatic carbocycles. The molecule has 0 aliphatic heterocycles. The van der Waals surface area contributed by atoms with Crippen LogP contribution in [0.2, 0.25) is 0 Å². The average Bonchev–Trinajstić information content (AvgIpc) is 3.42. The minimum absolute atomic E-state index is 0.326. The lowest BCUT2D eigenvalue weighted by Gasteiger charge is -2.03. The third-order valence-electron chi connectivity index (χ3n) is 4.25. The maximum Gasteiger partial charge on any atom is 0.346 e. The number of carboxylic acids is 1. The Bertz CT molecular complexity index is 1230. The Balaban J connectivity index is 1.65. The smallest absolute Gasteiger partial charge is 0.346 e. The van der Waals surface area contributed by atoms with Crippen molar-refractivity contribution in [3.63, 3.8) is 0 Å². The normalized spacial score (nSPS) is 11.2. The van der Waals surface area contributed by atoms with Crippen LogP contribution in [0.5, 0.6) is 0 Å². The number of aliphatic carboxylic acids is 1. The lowest BCUT2D eigenvalue weighted by molar-refractivity contribution is -0.132. The molecule has 140 valence electrons. The largest absolute Gasteiger partial charge is 0.477 e. The van der Waals surface area contributed by atoms with Crippen molar-refractivity contribution in [2.75, 3.05) is 0 Å². The van der Waals surface area contributed by atoms with Crippen LogP contribution in [-0.4, -0.2) is 21.4 Å². The summed E-state index contributed by atoms with van der Waals surface area (Å²) in [4.78, 5) is 12.4. The first-order chi connectivity index (χ1) is 14.2. The van der Waals surface area contributed by atoms with E-state index in [0.717, 1.165) is 21.6 Å². The summed E-state index contributed by atoms with van der Waals surface area (Å²) in [5.41, 5.74) is 3.91. The quantitative estimate of drug-likeness (QED) is 0.369. The van der Waals surface area contributed by atoms with Gasteiger partial charge in [0.15, 0.2) is 5.69 Å². The van der Waals surface area contributed by atoms with Crippen molar-refractivity contribution in [3.05, 3.63) is 77.2 Å². The molecule has 0 spiro atoms. The second kappa shape index (κ2) is 7.92. The van der Waals surface area contributed by atoms with E-state index in [1.807, 2.05) is 54.6 Å². The predicted molar refractivity (Wildman–Crippen MR) is 110 cm³/mol. The molecule has 7 heteroatoms. The van der Waals surface area contributed by atoms with Crippen LogP contribution in [0.15, 0.2) is 76.9 Å². The van der Waals surface area contributed by atoms with Gasteiger partial charge in [0, 0.05) is 10.4 Å². The van der Waals surface area contributed by atoms with E-state index in [1.165, 1.54) is 17.4 Å². The first-order valence-corrected chi connectivity index (χ1v) is 9.41. The van der Waals surface area contributed by atoms with E-state index in [1.54, 1.807) is 18.2 Å². The van der Waals surface area contributed by atoms with Crippen molar-refractivity contribution in [3.8, 4) is 39.0 Å². The molecular formula is C22H13N3O3S. The van der Waals surface area contributed by atoms with Gasteiger partial charge in [0.25, 0.3) is 0 Å². The molecule has 4 rings (SSSR count). The highest BCUT2D eigenvalue weighted by Crippen LogP contribution is 2.35. The van der Waals surface area contributed by atoms with E-state index in [2.05, 4.69) is 10.3 Å². The van der Waals surface area contributed by atoms with Gasteiger partial charge < -0.3 is 5.11 Å². The minimum atomic E-state index is -1.26. The van der Waals surface area contributed by atoms with Crippen LogP contribution in [0.1, 0.15) is 4.88 Å². The fourth-order valence-electron chi connectivity index (χ4n) is 2.83. The van der Waals surface area contributed by atoms with Crippen LogP contribution >= 0.6 is 11.3 Å². The molecule has 1 N–H and O–H groups in total. The highest BCUT2D eigenvalue weighted by molar-refractivity contribution is 7.16. The Morgan fingerprint density at radius 2 is 1.59 bits per heavy atom. The summed E-state index contributed by atoms with van der Waals surface area (Å²) in [5.74, 6) is -1.26. The van der Waals surface area contributed by atoms with Crippen LogP contribution in [0.25, 0.3) is 39.0 Å². The van der Waals surface area contributed by atoms with Gasteiger partial charge in [0.2, 0.25) is 0 Å². The van der Waals surface area contributed by atoms with Crippen molar-refractivity contribution < 1.29 is 14.5 Å². The first kappa shape index (κ1) is 18.3. The molecular weight excluding hydrogens is 386 g/mol. The number of carbonyl (C=O) groups is 1. The maximum absolute atomic E-state index is 11.0. The van der Waals surface area contributed by atoms with Crippen LogP contribution in [0, 0.1) is 11.3 Å². The standard InChI is InChI=1S/C22H13N3O3S/c23-13-17(22(26)27)12-18-10-11-19(29-18)21-20(24-28-25-21)16-8-6-15(7-9-16)14-4-2-1-3-5-14/h1-12H,(H,26,27). The van der Waals surface area contributed by atoms with Crippen LogP contribution < -0.4 is 0 Å². The minimum Gasteiger partial charge on any atom is -0.477 e. The Labute approximate surface area is 169 Å². The molecule has 0 fully saturated rings. The molecule has 0 saturated heterocycles. The number of benzene rings is 2. The molecule has 2 heterocycles. The molecule has 0 saturated carbocycles. The lowest BCUT2D eigenvalue weighted by atomic mass is 10.0. The SMILES string of the molecule is N#CC(=Cc1ccc(-c2nonc2-c2ccc(-c3ccccc3)cc2)s1)C(=O)O. The van der Waals surface area contributed by atoms with Gasteiger partial charge in [0.1, 0.15) is 17.3 Å². The summed E-state index contributed by atoms with van der Waals surface area (Å²) in [7, 11) is 0. The number of carboxylic acid groups (broad SMARTS) is 1. The van der Waals surface area contributed by atoms with Gasteiger partial charge in [-0.2, -0.15) is 5.26 Å².